The topological polar surface area (TPSA) is 48.9 Å². The molecule has 0 aliphatic carbocycles. The third-order valence-electron chi connectivity index (χ3n) is 2.74. The molecule has 0 aromatic heterocycles. The molecule has 0 amide bonds. The molecule has 0 bridgehead atoms. The third kappa shape index (κ3) is 9.24. The lowest BCUT2D eigenvalue weighted by Gasteiger charge is -2.17. The molecule has 18 heavy (non-hydrogen) atoms. The maximum Gasteiger partial charge on any atom is 0.191 e. The Labute approximate surface area is 112 Å². The minimum absolute atomic E-state index is 0.698. The molecular formula is C13H30N4O. The summed E-state index contributed by atoms with van der Waals surface area (Å²) in [6.45, 7) is 13.1. The van der Waals surface area contributed by atoms with E-state index in [4.69, 9.17) is 4.74 Å². The first-order chi connectivity index (χ1) is 8.78. The van der Waals surface area contributed by atoms with Crippen LogP contribution in [-0.4, -0.2) is 63.8 Å². The maximum atomic E-state index is 5.00. The second-order valence-electron chi connectivity index (χ2n) is 4.06. The Morgan fingerprint density at radius 3 is 2.44 bits per heavy atom. The van der Waals surface area contributed by atoms with Gasteiger partial charge < -0.3 is 20.3 Å². The lowest BCUT2D eigenvalue weighted by atomic mass is 10.4. The Hall–Kier alpha value is -0.810. The zero-order valence-corrected chi connectivity index (χ0v) is 12.5. The van der Waals surface area contributed by atoms with Crippen LogP contribution in [0.1, 0.15) is 27.2 Å². The van der Waals surface area contributed by atoms with E-state index in [2.05, 4.69) is 41.3 Å². The van der Waals surface area contributed by atoms with E-state index in [-0.39, 0.29) is 0 Å². The summed E-state index contributed by atoms with van der Waals surface area (Å²) in [4.78, 5) is 6.96. The van der Waals surface area contributed by atoms with Gasteiger partial charge in [0.1, 0.15) is 0 Å². The van der Waals surface area contributed by atoms with Crippen molar-refractivity contribution in [1.29, 1.82) is 0 Å². The van der Waals surface area contributed by atoms with Crippen molar-refractivity contribution < 1.29 is 4.74 Å². The fraction of sp³-hybridized carbons (Fsp3) is 0.923. The van der Waals surface area contributed by atoms with Gasteiger partial charge in [-0.15, -0.1) is 0 Å². The first-order valence-electron chi connectivity index (χ1n) is 7.01. The molecule has 2 N–H and O–H groups in total. The zero-order chi connectivity index (χ0) is 13.6. The van der Waals surface area contributed by atoms with Crippen LogP contribution in [0.2, 0.25) is 0 Å². The van der Waals surface area contributed by atoms with Crippen LogP contribution >= 0.6 is 0 Å². The van der Waals surface area contributed by atoms with Crippen molar-refractivity contribution in [1.82, 2.24) is 15.5 Å². The van der Waals surface area contributed by atoms with Gasteiger partial charge in [-0.1, -0.05) is 13.8 Å². The molecule has 0 atom stereocenters. The molecule has 0 unspecified atom stereocenters. The van der Waals surface area contributed by atoms with E-state index in [0.29, 0.717) is 6.61 Å². The molecular weight excluding hydrogens is 228 g/mol. The van der Waals surface area contributed by atoms with Crippen LogP contribution in [0, 0.1) is 0 Å². The van der Waals surface area contributed by atoms with Gasteiger partial charge in [0.2, 0.25) is 0 Å². The number of rotatable bonds is 10. The van der Waals surface area contributed by atoms with Crippen LogP contribution in [-0.2, 0) is 4.74 Å². The summed E-state index contributed by atoms with van der Waals surface area (Å²) in [5, 5.41) is 6.47. The van der Waals surface area contributed by atoms with Gasteiger partial charge in [-0.2, -0.15) is 0 Å². The summed E-state index contributed by atoms with van der Waals surface area (Å²) < 4.78 is 5.00. The van der Waals surface area contributed by atoms with E-state index in [1.54, 1.807) is 7.11 Å². The first kappa shape index (κ1) is 17.2. The molecule has 0 spiro atoms. The van der Waals surface area contributed by atoms with E-state index in [1.165, 1.54) is 0 Å². The summed E-state index contributed by atoms with van der Waals surface area (Å²) in [5.74, 6) is 0.883. The third-order valence-corrected chi connectivity index (χ3v) is 2.74. The molecule has 0 saturated heterocycles. The molecule has 108 valence electrons. The molecule has 0 rings (SSSR count). The second kappa shape index (κ2) is 12.6. The highest BCUT2D eigenvalue weighted by Crippen LogP contribution is 1.91. The summed E-state index contributed by atoms with van der Waals surface area (Å²) in [5.41, 5.74) is 0. The van der Waals surface area contributed by atoms with Gasteiger partial charge in [-0.25, -0.2) is 0 Å². The van der Waals surface area contributed by atoms with Gasteiger partial charge in [0, 0.05) is 26.7 Å². The predicted molar refractivity (Wildman–Crippen MR) is 78.3 cm³/mol. The van der Waals surface area contributed by atoms with Crippen molar-refractivity contribution in [2.45, 2.75) is 27.2 Å². The molecule has 0 fully saturated rings. The highest BCUT2D eigenvalue weighted by molar-refractivity contribution is 5.79. The Morgan fingerprint density at radius 2 is 1.89 bits per heavy atom. The fourth-order valence-corrected chi connectivity index (χ4v) is 1.64. The van der Waals surface area contributed by atoms with Gasteiger partial charge in [0.15, 0.2) is 5.96 Å². The van der Waals surface area contributed by atoms with Crippen LogP contribution in [0.25, 0.3) is 0 Å². The Bertz CT molecular complexity index is 205. The number of guanidine groups is 1. The standard InChI is InChI=1S/C13H30N4O/c1-5-14-13(16-10-12-18-4)15-9-8-11-17(6-2)7-3/h5-12H2,1-4H3,(H2,14,15,16). The molecule has 0 radical (unpaired) electrons. The normalized spacial score (nSPS) is 11.9. The van der Waals surface area contributed by atoms with Crippen LogP contribution in [0.3, 0.4) is 0 Å². The minimum Gasteiger partial charge on any atom is -0.383 e. The second-order valence-corrected chi connectivity index (χ2v) is 4.06. The van der Waals surface area contributed by atoms with Crippen molar-refractivity contribution in [2.75, 3.05) is 53.0 Å². The van der Waals surface area contributed by atoms with Gasteiger partial charge in [-0.3, -0.25) is 4.99 Å². The maximum absolute atomic E-state index is 5.00. The van der Waals surface area contributed by atoms with Crippen LogP contribution in [0.4, 0.5) is 0 Å². The summed E-state index contributed by atoms with van der Waals surface area (Å²) in [7, 11) is 1.70. The lowest BCUT2D eigenvalue weighted by Crippen LogP contribution is -2.39. The highest BCUT2D eigenvalue weighted by Gasteiger charge is 1.99. The quantitative estimate of drug-likeness (QED) is 0.347. The monoisotopic (exact) mass is 258 g/mol. The van der Waals surface area contributed by atoms with Crippen LogP contribution < -0.4 is 10.6 Å². The number of nitrogens with zero attached hydrogens (tertiary/aromatic N) is 2. The smallest absolute Gasteiger partial charge is 0.191 e. The van der Waals surface area contributed by atoms with Gasteiger partial charge in [0.05, 0.1) is 6.61 Å². The van der Waals surface area contributed by atoms with Crippen molar-refractivity contribution in [3.63, 3.8) is 0 Å². The van der Waals surface area contributed by atoms with E-state index in [0.717, 1.165) is 51.6 Å². The molecule has 0 aromatic carbocycles. The molecule has 0 saturated carbocycles. The van der Waals surface area contributed by atoms with Crippen LogP contribution in [0.15, 0.2) is 4.99 Å². The molecule has 0 heterocycles. The van der Waals surface area contributed by atoms with E-state index in [9.17, 15) is 0 Å². The van der Waals surface area contributed by atoms with Gasteiger partial charge in [-0.05, 0) is 33.0 Å². The SMILES string of the molecule is CCNC(=NCCCN(CC)CC)NCCOC. The van der Waals surface area contributed by atoms with Gasteiger partial charge >= 0.3 is 0 Å². The highest BCUT2D eigenvalue weighted by atomic mass is 16.5. The lowest BCUT2D eigenvalue weighted by molar-refractivity contribution is 0.203. The van der Waals surface area contributed by atoms with Crippen molar-refractivity contribution in [3.05, 3.63) is 0 Å². The number of aliphatic imine (C=N–C) groups is 1. The number of hydrogen-bond donors (Lipinski definition) is 2. The molecule has 0 aliphatic rings. The Morgan fingerprint density at radius 1 is 1.17 bits per heavy atom. The first-order valence-corrected chi connectivity index (χ1v) is 7.01. The Kier molecular flexibility index (Phi) is 12.1. The summed E-state index contributed by atoms with van der Waals surface area (Å²) in [6.07, 6.45) is 1.10. The summed E-state index contributed by atoms with van der Waals surface area (Å²) in [6, 6.07) is 0. The van der Waals surface area contributed by atoms with Gasteiger partial charge in [0.25, 0.3) is 0 Å². The number of nitrogens with one attached hydrogen (secondary N) is 2. The van der Waals surface area contributed by atoms with E-state index >= 15 is 0 Å². The van der Waals surface area contributed by atoms with E-state index in [1.807, 2.05) is 0 Å². The summed E-state index contributed by atoms with van der Waals surface area (Å²) >= 11 is 0. The molecule has 0 aliphatic heterocycles. The largest absolute Gasteiger partial charge is 0.383 e. The molecule has 5 nitrogen and oxygen atoms in total. The zero-order valence-electron chi connectivity index (χ0n) is 12.5. The van der Waals surface area contributed by atoms with Crippen LogP contribution in [0.5, 0.6) is 0 Å². The molecule has 0 aromatic rings. The van der Waals surface area contributed by atoms with Crippen molar-refractivity contribution in [2.24, 2.45) is 4.99 Å². The minimum atomic E-state index is 0.698. The average Bonchev–Trinajstić information content (AvgIpc) is 2.39. The van der Waals surface area contributed by atoms with Crippen molar-refractivity contribution in [3.8, 4) is 0 Å². The number of methoxy groups -OCH3 is 1. The Balaban J connectivity index is 3.84. The average molecular weight is 258 g/mol. The molecule has 5 heteroatoms. The van der Waals surface area contributed by atoms with Crippen molar-refractivity contribution >= 4 is 5.96 Å². The number of ether oxygens (including phenoxy) is 1. The fourth-order valence-electron chi connectivity index (χ4n) is 1.64. The van der Waals surface area contributed by atoms with E-state index < -0.39 is 0 Å². The predicted octanol–water partition coefficient (Wildman–Crippen LogP) is 0.920. The number of hydrogen-bond acceptors (Lipinski definition) is 3.